The van der Waals surface area contributed by atoms with Crippen LogP contribution in [0.1, 0.15) is 22.3 Å². The Hall–Kier alpha value is -1.92. The number of hydrogen-bond acceptors (Lipinski definition) is 5. The van der Waals surface area contributed by atoms with Crippen LogP contribution in [0.25, 0.3) is 0 Å². The van der Waals surface area contributed by atoms with Gasteiger partial charge < -0.3 is 15.0 Å². The van der Waals surface area contributed by atoms with Crippen molar-refractivity contribution in [3.05, 3.63) is 45.9 Å². The summed E-state index contributed by atoms with van der Waals surface area (Å²) in [6.45, 7) is 4.21. The van der Waals surface area contributed by atoms with Crippen molar-refractivity contribution < 1.29 is 9.53 Å². The number of nitrogens with zero attached hydrogens (tertiary/aromatic N) is 2. The average molecular weight is 331 g/mol. The number of piperazine rings is 1. The lowest BCUT2D eigenvalue weighted by Gasteiger charge is -2.37. The van der Waals surface area contributed by atoms with E-state index in [0.717, 1.165) is 35.1 Å². The predicted molar refractivity (Wildman–Crippen MR) is 90.9 cm³/mol. The highest BCUT2D eigenvalue weighted by atomic mass is 32.1. The van der Waals surface area contributed by atoms with Gasteiger partial charge in [-0.2, -0.15) is 0 Å². The van der Waals surface area contributed by atoms with Gasteiger partial charge >= 0.3 is 0 Å². The fourth-order valence-corrected chi connectivity index (χ4v) is 3.58. The second-order valence-electron chi connectivity index (χ2n) is 5.58. The van der Waals surface area contributed by atoms with E-state index in [1.807, 2.05) is 41.5 Å². The minimum absolute atomic E-state index is 0.00728. The largest absolute Gasteiger partial charge is 0.496 e. The number of benzene rings is 1. The van der Waals surface area contributed by atoms with Crippen LogP contribution >= 0.6 is 11.3 Å². The monoisotopic (exact) mass is 331 g/mol. The molecule has 1 N–H and O–H groups in total. The van der Waals surface area contributed by atoms with E-state index in [-0.39, 0.29) is 11.9 Å². The minimum atomic E-state index is -0.00728. The molecule has 3 rings (SSSR count). The SMILES string of the molecule is COc1ccccc1[C@H]1CNCCN1C(=O)Cc1csc(C)n1. The Balaban J connectivity index is 1.82. The first-order valence-electron chi connectivity index (χ1n) is 7.73. The molecule has 0 spiro atoms. The average Bonchev–Trinajstić information content (AvgIpc) is 2.99. The maximum absolute atomic E-state index is 12.8. The summed E-state index contributed by atoms with van der Waals surface area (Å²) in [6.07, 6.45) is 0.357. The van der Waals surface area contributed by atoms with Gasteiger partial charge in [0.25, 0.3) is 0 Å². The van der Waals surface area contributed by atoms with Crippen LogP contribution in [0.2, 0.25) is 0 Å². The maximum atomic E-state index is 12.8. The molecular formula is C17H21N3O2S. The van der Waals surface area contributed by atoms with Crippen molar-refractivity contribution in [1.82, 2.24) is 15.2 Å². The van der Waals surface area contributed by atoms with E-state index in [9.17, 15) is 4.79 Å². The normalized spacial score (nSPS) is 18.0. The highest BCUT2D eigenvalue weighted by molar-refractivity contribution is 7.09. The van der Waals surface area contributed by atoms with Crippen molar-refractivity contribution in [3.63, 3.8) is 0 Å². The number of rotatable bonds is 4. The standard InChI is InChI=1S/C17H21N3O2S/c1-12-19-13(11-23-12)9-17(21)20-8-7-18-10-15(20)14-5-3-4-6-16(14)22-2/h3-6,11,15,18H,7-10H2,1-2H3/t15-/m1/s1. The third-order valence-corrected chi connectivity index (χ3v) is 4.88. The molecule has 1 aromatic heterocycles. The van der Waals surface area contributed by atoms with Crippen LogP contribution in [0, 0.1) is 6.92 Å². The number of aryl methyl sites for hydroxylation is 1. The fraction of sp³-hybridized carbons (Fsp3) is 0.412. The summed E-state index contributed by atoms with van der Waals surface area (Å²) in [5, 5.41) is 6.34. The molecule has 1 aliphatic heterocycles. The highest BCUT2D eigenvalue weighted by Gasteiger charge is 2.29. The van der Waals surface area contributed by atoms with E-state index < -0.39 is 0 Å². The third kappa shape index (κ3) is 3.54. The number of carbonyl (C=O) groups is 1. The number of amides is 1. The van der Waals surface area contributed by atoms with E-state index in [4.69, 9.17) is 4.74 Å². The number of nitrogens with one attached hydrogen (secondary N) is 1. The number of ether oxygens (including phenoxy) is 1. The summed E-state index contributed by atoms with van der Waals surface area (Å²) in [6, 6.07) is 7.90. The van der Waals surface area contributed by atoms with Gasteiger partial charge in [-0.05, 0) is 13.0 Å². The first-order chi connectivity index (χ1) is 11.2. The van der Waals surface area contributed by atoms with Crippen LogP contribution in [-0.2, 0) is 11.2 Å². The zero-order valence-electron chi connectivity index (χ0n) is 13.4. The number of aromatic nitrogens is 1. The number of carbonyl (C=O) groups excluding carboxylic acids is 1. The summed E-state index contributed by atoms with van der Waals surface area (Å²) >= 11 is 1.58. The van der Waals surface area contributed by atoms with E-state index >= 15 is 0 Å². The van der Waals surface area contributed by atoms with Crippen molar-refractivity contribution in [1.29, 1.82) is 0 Å². The van der Waals surface area contributed by atoms with Gasteiger partial charge in [0.2, 0.25) is 5.91 Å². The van der Waals surface area contributed by atoms with Crippen LogP contribution in [-0.4, -0.2) is 42.5 Å². The van der Waals surface area contributed by atoms with E-state index in [0.29, 0.717) is 13.0 Å². The van der Waals surface area contributed by atoms with Gasteiger partial charge in [-0.1, -0.05) is 18.2 Å². The Kier molecular flexibility index (Phi) is 4.93. The quantitative estimate of drug-likeness (QED) is 0.933. The van der Waals surface area contributed by atoms with Crippen molar-refractivity contribution in [2.45, 2.75) is 19.4 Å². The van der Waals surface area contributed by atoms with Crippen molar-refractivity contribution >= 4 is 17.2 Å². The van der Waals surface area contributed by atoms with Crippen LogP contribution < -0.4 is 10.1 Å². The number of hydrogen-bond donors (Lipinski definition) is 1. The molecule has 1 amide bonds. The molecule has 0 aliphatic carbocycles. The molecule has 5 nitrogen and oxygen atoms in total. The Labute approximate surface area is 140 Å². The van der Waals surface area contributed by atoms with Crippen LogP contribution in [0.5, 0.6) is 5.75 Å². The summed E-state index contributed by atoms with van der Waals surface area (Å²) in [4.78, 5) is 19.1. The minimum Gasteiger partial charge on any atom is -0.496 e. The van der Waals surface area contributed by atoms with Gasteiger partial charge in [0.05, 0.1) is 30.3 Å². The van der Waals surface area contributed by atoms with Crippen molar-refractivity contribution in [2.75, 3.05) is 26.7 Å². The Morgan fingerprint density at radius 2 is 2.30 bits per heavy atom. The first kappa shape index (κ1) is 16.0. The van der Waals surface area contributed by atoms with Gasteiger partial charge in [0, 0.05) is 30.6 Å². The van der Waals surface area contributed by atoms with Gasteiger partial charge in [0.15, 0.2) is 0 Å². The molecule has 1 fully saturated rings. The second-order valence-corrected chi connectivity index (χ2v) is 6.65. The summed E-state index contributed by atoms with van der Waals surface area (Å²) in [7, 11) is 1.67. The molecule has 0 unspecified atom stereocenters. The van der Waals surface area contributed by atoms with Crippen LogP contribution in [0.4, 0.5) is 0 Å². The molecule has 1 aliphatic rings. The fourth-order valence-electron chi connectivity index (χ4n) is 2.97. The smallest absolute Gasteiger partial charge is 0.229 e. The van der Waals surface area contributed by atoms with Crippen LogP contribution in [0.15, 0.2) is 29.6 Å². The van der Waals surface area contributed by atoms with E-state index in [1.54, 1.807) is 18.4 Å². The molecule has 1 atom stereocenters. The zero-order chi connectivity index (χ0) is 16.2. The topological polar surface area (TPSA) is 54.5 Å². The molecule has 6 heteroatoms. The molecule has 0 radical (unpaired) electrons. The molecule has 122 valence electrons. The van der Waals surface area contributed by atoms with Gasteiger partial charge in [-0.25, -0.2) is 4.98 Å². The zero-order valence-corrected chi connectivity index (χ0v) is 14.2. The Morgan fingerprint density at radius 1 is 1.48 bits per heavy atom. The van der Waals surface area contributed by atoms with Gasteiger partial charge in [-0.3, -0.25) is 4.79 Å². The number of thiazole rings is 1. The molecule has 0 bridgehead atoms. The molecule has 1 saturated heterocycles. The molecule has 23 heavy (non-hydrogen) atoms. The van der Waals surface area contributed by atoms with Gasteiger partial charge in [-0.15, -0.1) is 11.3 Å². The van der Waals surface area contributed by atoms with E-state index in [1.165, 1.54) is 0 Å². The number of para-hydroxylation sites is 1. The van der Waals surface area contributed by atoms with Crippen molar-refractivity contribution in [3.8, 4) is 5.75 Å². The second kappa shape index (κ2) is 7.10. The molecule has 1 aromatic carbocycles. The van der Waals surface area contributed by atoms with Crippen LogP contribution in [0.3, 0.4) is 0 Å². The lowest BCUT2D eigenvalue weighted by molar-refractivity contribution is -0.133. The molecule has 0 saturated carbocycles. The lowest BCUT2D eigenvalue weighted by atomic mass is 10.0. The highest BCUT2D eigenvalue weighted by Crippen LogP contribution is 2.30. The summed E-state index contributed by atoms with van der Waals surface area (Å²) in [5.41, 5.74) is 1.90. The van der Waals surface area contributed by atoms with Crippen molar-refractivity contribution in [2.24, 2.45) is 0 Å². The van der Waals surface area contributed by atoms with E-state index in [2.05, 4.69) is 10.3 Å². The Bertz CT molecular complexity index is 686. The molecule has 2 heterocycles. The Morgan fingerprint density at radius 3 is 3.04 bits per heavy atom. The summed E-state index contributed by atoms with van der Waals surface area (Å²) < 4.78 is 5.47. The summed E-state index contributed by atoms with van der Waals surface area (Å²) in [5.74, 6) is 0.941. The molecule has 2 aromatic rings. The number of methoxy groups -OCH3 is 1. The third-order valence-electron chi connectivity index (χ3n) is 4.06. The lowest BCUT2D eigenvalue weighted by Crippen LogP contribution is -2.49. The van der Waals surface area contributed by atoms with Gasteiger partial charge in [0.1, 0.15) is 5.75 Å². The molecular weight excluding hydrogens is 310 g/mol. The predicted octanol–water partition coefficient (Wildman–Crippen LogP) is 2.18. The maximum Gasteiger partial charge on any atom is 0.229 e. The first-order valence-corrected chi connectivity index (χ1v) is 8.61.